The van der Waals surface area contributed by atoms with E-state index in [0.29, 0.717) is 12.1 Å². The Morgan fingerprint density at radius 3 is 2.95 bits per heavy atom. The highest BCUT2D eigenvalue weighted by atomic mass is 16.5. The third-order valence-corrected chi connectivity index (χ3v) is 5.04. The van der Waals surface area contributed by atoms with Crippen LogP contribution in [-0.4, -0.2) is 31.3 Å². The van der Waals surface area contributed by atoms with Gasteiger partial charge < -0.3 is 15.4 Å². The Kier molecular flexibility index (Phi) is 4.81. The number of fused-ring (bicyclic) bond motifs is 1. The number of rotatable bonds is 4. The first-order valence-corrected chi connectivity index (χ1v) is 8.51. The zero-order valence-electron chi connectivity index (χ0n) is 13.1. The minimum absolute atomic E-state index is 0.259. The zero-order chi connectivity index (χ0) is 14.7. The van der Waals surface area contributed by atoms with E-state index in [-0.39, 0.29) is 6.04 Å². The molecule has 0 radical (unpaired) electrons. The van der Waals surface area contributed by atoms with E-state index in [4.69, 9.17) is 10.5 Å². The van der Waals surface area contributed by atoms with Crippen LogP contribution < -0.4 is 10.6 Å². The third-order valence-electron chi connectivity index (χ3n) is 5.04. The number of anilines is 1. The fourth-order valence-corrected chi connectivity index (χ4v) is 3.79. The van der Waals surface area contributed by atoms with Crippen molar-refractivity contribution >= 4 is 5.69 Å². The van der Waals surface area contributed by atoms with Gasteiger partial charge in [-0.25, -0.2) is 0 Å². The molecule has 1 aliphatic carbocycles. The minimum atomic E-state index is 0.259. The molecule has 3 nitrogen and oxygen atoms in total. The highest BCUT2D eigenvalue weighted by Crippen LogP contribution is 2.34. The Morgan fingerprint density at radius 1 is 1.29 bits per heavy atom. The van der Waals surface area contributed by atoms with E-state index < -0.39 is 0 Å². The molecule has 1 saturated carbocycles. The summed E-state index contributed by atoms with van der Waals surface area (Å²) in [6.07, 6.45) is 7.57. The van der Waals surface area contributed by atoms with Crippen LogP contribution in [0.25, 0.3) is 0 Å². The van der Waals surface area contributed by atoms with Crippen molar-refractivity contribution in [2.75, 3.05) is 18.1 Å². The van der Waals surface area contributed by atoms with E-state index in [1.54, 1.807) is 0 Å². The second-order valence-corrected chi connectivity index (χ2v) is 6.46. The largest absolute Gasteiger partial charge is 0.374 e. The monoisotopic (exact) mass is 288 g/mol. The van der Waals surface area contributed by atoms with Gasteiger partial charge in [-0.15, -0.1) is 0 Å². The Balaban J connectivity index is 1.84. The van der Waals surface area contributed by atoms with Crippen molar-refractivity contribution in [1.29, 1.82) is 0 Å². The Bertz CT molecular complexity index is 460. The molecule has 0 amide bonds. The van der Waals surface area contributed by atoms with Crippen LogP contribution in [0.15, 0.2) is 24.3 Å². The molecule has 116 valence electrons. The van der Waals surface area contributed by atoms with Gasteiger partial charge in [-0.2, -0.15) is 0 Å². The van der Waals surface area contributed by atoms with Crippen molar-refractivity contribution in [2.45, 2.75) is 63.6 Å². The number of hydrogen-bond donors (Lipinski definition) is 1. The standard InChI is InChI=1S/C18H28N2O/c1-2-15(19)13-14-7-3-4-8-16(14)20-11-12-21-18-10-6-5-9-17(18)20/h3-4,7-8,15,17-18H,2,5-6,9-13,19H2,1H3. The number of para-hydroxylation sites is 1. The quantitative estimate of drug-likeness (QED) is 0.925. The van der Waals surface area contributed by atoms with Gasteiger partial charge in [0.2, 0.25) is 0 Å². The van der Waals surface area contributed by atoms with Crippen LogP contribution in [0.4, 0.5) is 5.69 Å². The molecule has 0 aromatic heterocycles. The second kappa shape index (κ2) is 6.80. The topological polar surface area (TPSA) is 38.5 Å². The van der Waals surface area contributed by atoms with Crippen LogP contribution in [0, 0.1) is 0 Å². The Hall–Kier alpha value is -1.06. The normalized spacial score (nSPS) is 27.2. The summed E-state index contributed by atoms with van der Waals surface area (Å²) in [5.41, 5.74) is 8.98. The first-order valence-electron chi connectivity index (χ1n) is 8.51. The van der Waals surface area contributed by atoms with E-state index in [9.17, 15) is 0 Å². The highest BCUT2D eigenvalue weighted by molar-refractivity contribution is 5.55. The van der Waals surface area contributed by atoms with Crippen molar-refractivity contribution in [1.82, 2.24) is 0 Å². The minimum Gasteiger partial charge on any atom is -0.374 e. The second-order valence-electron chi connectivity index (χ2n) is 6.46. The van der Waals surface area contributed by atoms with E-state index in [2.05, 4.69) is 36.1 Å². The average Bonchev–Trinajstić information content (AvgIpc) is 2.55. The predicted molar refractivity (Wildman–Crippen MR) is 87.8 cm³/mol. The first-order chi connectivity index (χ1) is 10.3. The first kappa shape index (κ1) is 14.9. The van der Waals surface area contributed by atoms with Gasteiger partial charge in [0.05, 0.1) is 18.8 Å². The van der Waals surface area contributed by atoms with E-state index in [1.807, 2.05) is 0 Å². The van der Waals surface area contributed by atoms with Crippen LogP contribution in [0.2, 0.25) is 0 Å². The highest BCUT2D eigenvalue weighted by Gasteiger charge is 2.34. The van der Waals surface area contributed by atoms with Gasteiger partial charge >= 0.3 is 0 Å². The van der Waals surface area contributed by atoms with Gasteiger partial charge in [0.1, 0.15) is 0 Å². The van der Waals surface area contributed by atoms with Crippen LogP contribution in [0.1, 0.15) is 44.6 Å². The number of nitrogens with two attached hydrogens (primary N) is 1. The third kappa shape index (κ3) is 3.24. The molecule has 1 aliphatic heterocycles. The summed E-state index contributed by atoms with van der Waals surface area (Å²) < 4.78 is 6.01. The SMILES string of the molecule is CCC(N)Cc1ccccc1N1CCOC2CCCCC21. The van der Waals surface area contributed by atoms with Gasteiger partial charge in [-0.1, -0.05) is 38.0 Å². The van der Waals surface area contributed by atoms with Gasteiger partial charge in [0.15, 0.2) is 0 Å². The van der Waals surface area contributed by atoms with Crippen molar-refractivity contribution in [3.63, 3.8) is 0 Å². The fourth-order valence-electron chi connectivity index (χ4n) is 3.79. The molecule has 2 aliphatic rings. The van der Waals surface area contributed by atoms with Crippen molar-refractivity contribution in [3.05, 3.63) is 29.8 Å². The maximum Gasteiger partial charge on any atom is 0.0779 e. The van der Waals surface area contributed by atoms with Crippen molar-refractivity contribution in [2.24, 2.45) is 5.73 Å². The van der Waals surface area contributed by atoms with Gasteiger partial charge in [0.25, 0.3) is 0 Å². The van der Waals surface area contributed by atoms with Crippen LogP contribution in [0.5, 0.6) is 0 Å². The van der Waals surface area contributed by atoms with Crippen LogP contribution in [-0.2, 0) is 11.2 Å². The molecule has 1 saturated heterocycles. The predicted octanol–water partition coefficient (Wildman–Crippen LogP) is 3.11. The molecule has 3 atom stereocenters. The molecule has 1 heterocycles. The zero-order valence-corrected chi connectivity index (χ0v) is 13.1. The summed E-state index contributed by atoms with van der Waals surface area (Å²) in [5, 5.41) is 0. The molecule has 2 N–H and O–H groups in total. The molecule has 1 aromatic carbocycles. The summed E-state index contributed by atoms with van der Waals surface area (Å²) in [6, 6.07) is 9.64. The molecule has 3 heteroatoms. The van der Waals surface area contributed by atoms with E-state index in [0.717, 1.165) is 26.0 Å². The van der Waals surface area contributed by atoms with Crippen LogP contribution in [0.3, 0.4) is 0 Å². The summed E-state index contributed by atoms with van der Waals surface area (Å²) in [5.74, 6) is 0. The number of hydrogen-bond acceptors (Lipinski definition) is 3. The lowest BCUT2D eigenvalue weighted by atomic mass is 9.89. The van der Waals surface area contributed by atoms with Gasteiger partial charge in [-0.05, 0) is 37.3 Å². The summed E-state index contributed by atoms with van der Waals surface area (Å²) in [6.45, 7) is 4.04. The molecule has 3 rings (SSSR count). The summed E-state index contributed by atoms with van der Waals surface area (Å²) in [4.78, 5) is 2.60. The van der Waals surface area contributed by atoms with E-state index in [1.165, 1.54) is 36.9 Å². The fraction of sp³-hybridized carbons (Fsp3) is 0.667. The number of benzene rings is 1. The molecular weight excluding hydrogens is 260 g/mol. The molecule has 1 aromatic rings. The lowest BCUT2D eigenvalue weighted by molar-refractivity contribution is -0.00873. The van der Waals surface area contributed by atoms with Crippen molar-refractivity contribution in [3.8, 4) is 0 Å². The molecular formula is C18H28N2O. The van der Waals surface area contributed by atoms with Crippen LogP contribution >= 0.6 is 0 Å². The summed E-state index contributed by atoms with van der Waals surface area (Å²) in [7, 11) is 0. The van der Waals surface area contributed by atoms with Gasteiger partial charge in [0, 0.05) is 18.3 Å². The average molecular weight is 288 g/mol. The molecule has 21 heavy (non-hydrogen) atoms. The number of morpholine rings is 1. The maximum atomic E-state index is 6.19. The Morgan fingerprint density at radius 2 is 2.10 bits per heavy atom. The lowest BCUT2D eigenvalue weighted by Gasteiger charge is -2.45. The lowest BCUT2D eigenvalue weighted by Crippen LogP contribution is -2.53. The number of ether oxygens (including phenoxy) is 1. The molecule has 0 spiro atoms. The molecule has 2 fully saturated rings. The molecule has 3 unspecified atom stereocenters. The Labute approximate surface area is 128 Å². The number of nitrogens with zero attached hydrogens (tertiary/aromatic N) is 1. The van der Waals surface area contributed by atoms with E-state index >= 15 is 0 Å². The molecule has 0 bridgehead atoms. The smallest absolute Gasteiger partial charge is 0.0779 e. The summed E-state index contributed by atoms with van der Waals surface area (Å²) >= 11 is 0. The van der Waals surface area contributed by atoms with Crippen molar-refractivity contribution < 1.29 is 4.74 Å². The van der Waals surface area contributed by atoms with Gasteiger partial charge in [-0.3, -0.25) is 0 Å². The maximum absolute atomic E-state index is 6.19.